The molecule has 1 aliphatic heterocycles. The highest BCUT2D eigenvalue weighted by molar-refractivity contribution is 7.16. The van der Waals surface area contributed by atoms with E-state index in [9.17, 15) is 0 Å². The topological polar surface area (TPSA) is 0 Å². The van der Waals surface area contributed by atoms with E-state index in [4.69, 9.17) is 0 Å². The summed E-state index contributed by atoms with van der Waals surface area (Å²) in [5.41, 5.74) is 19.4. The molecule has 1 heteroatoms. The predicted octanol–water partition coefficient (Wildman–Crippen LogP) is 10.9. The van der Waals surface area contributed by atoms with Crippen LogP contribution in [0.3, 0.4) is 0 Å². The molecule has 0 aromatic heterocycles. The Hall–Kier alpha value is -3.42. The second-order valence-corrected chi connectivity index (χ2v) is 21.2. The van der Waals surface area contributed by atoms with Crippen molar-refractivity contribution in [1.29, 1.82) is 0 Å². The molecule has 45 heavy (non-hydrogen) atoms. The fourth-order valence-electron chi connectivity index (χ4n) is 8.24. The Kier molecular flexibility index (Phi) is 6.75. The Bertz CT molecular complexity index is 1910. The molecule has 4 aromatic rings. The Morgan fingerprint density at radius 3 is 1.87 bits per heavy atom. The molecule has 1 heterocycles. The van der Waals surface area contributed by atoms with Crippen molar-refractivity contribution in [2.24, 2.45) is 5.92 Å². The summed E-state index contributed by atoms with van der Waals surface area (Å²) >= 11 is 0. The quantitative estimate of drug-likeness (QED) is 0.203. The molecule has 1 unspecified atom stereocenters. The summed E-state index contributed by atoms with van der Waals surface area (Å²) in [7, 11) is -1.54. The zero-order valence-corrected chi connectivity index (χ0v) is 30.4. The fraction of sp³-hybridized carbons (Fsp3) is 0.364. The van der Waals surface area contributed by atoms with Gasteiger partial charge in [0.05, 0.1) is 0 Å². The average Bonchev–Trinajstić information content (AvgIpc) is 3.23. The molecular formula is C44H50Si. The normalized spacial score (nSPS) is 18.2. The van der Waals surface area contributed by atoms with Gasteiger partial charge in [-0.25, -0.2) is 0 Å². The summed E-state index contributed by atoms with van der Waals surface area (Å²) < 4.78 is 0. The van der Waals surface area contributed by atoms with Gasteiger partial charge in [-0.05, 0) is 96.5 Å². The first-order chi connectivity index (χ1) is 21.1. The zero-order valence-electron chi connectivity index (χ0n) is 29.4. The molecule has 3 aliphatic rings. The van der Waals surface area contributed by atoms with Crippen molar-refractivity contribution >= 4 is 30.1 Å². The van der Waals surface area contributed by atoms with Crippen molar-refractivity contribution < 1.29 is 0 Å². The van der Waals surface area contributed by atoms with Crippen LogP contribution in [-0.4, -0.2) is 8.07 Å². The van der Waals surface area contributed by atoms with Gasteiger partial charge in [-0.1, -0.05) is 164 Å². The second kappa shape index (κ2) is 10.0. The van der Waals surface area contributed by atoms with Crippen LogP contribution >= 0.6 is 0 Å². The van der Waals surface area contributed by atoms with Gasteiger partial charge in [-0.15, -0.1) is 0 Å². The maximum absolute atomic E-state index is 2.63. The van der Waals surface area contributed by atoms with Crippen molar-refractivity contribution in [3.8, 4) is 22.3 Å². The maximum Gasteiger partial charge on any atom is 0.112 e. The first-order valence-corrected chi connectivity index (χ1v) is 20.1. The number of benzene rings is 4. The smallest absolute Gasteiger partial charge is 0.0616 e. The van der Waals surface area contributed by atoms with E-state index in [2.05, 4.69) is 154 Å². The number of hydrogen-bond donors (Lipinski definition) is 0. The van der Waals surface area contributed by atoms with E-state index in [0.29, 0.717) is 11.8 Å². The van der Waals surface area contributed by atoms with E-state index in [1.165, 1.54) is 44.5 Å². The number of hydrogen-bond acceptors (Lipinski definition) is 0. The third kappa shape index (κ3) is 4.76. The minimum atomic E-state index is -1.54. The average molecular weight is 607 g/mol. The van der Waals surface area contributed by atoms with Gasteiger partial charge in [0.1, 0.15) is 8.07 Å². The first-order valence-electron chi connectivity index (χ1n) is 17.1. The Labute approximate surface area is 273 Å². The van der Waals surface area contributed by atoms with E-state index in [1.807, 2.05) is 0 Å². The van der Waals surface area contributed by atoms with E-state index in [0.717, 1.165) is 6.42 Å². The third-order valence-electron chi connectivity index (χ3n) is 11.0. The predicted molar refractivity (Wildman–Crippen MR) is 200 cm³/mol. The molecule has 4 aromatic carbocycles. The first kappa shape index (κ1) is 30.2. The van der Waals surface area contributed by atoms with Crippen LogP contribution in [0.1, 0.15) is 102 Å². The highest BCUT2D eigenvalue weighted by Gasteiger charge is 2.49. The summed E-state index contributed by atoms with van der Waals surface area (Å²) in [6.45, 7) is 26.1. The minimum absolute atomic E-state index is 0.148. The molecule has 7 rings (SSSR count). The Balaban J connectivity index is 1.41. The second-order valence-electron chi connectivity index (χ2n) is 16.9. The number of allylic oxidation sites excluding steroid dienone is 3. The van der Waals surface area contributed by atoms with Crippen LogP contribution in [0.4, 0.5) is 0 Å². The molecule has 0 saturated heterocycles. The highest BCUT2D eigenvalue weighted by Crippen LogP contribution is 2.55. The SMILES string of the molecule is CC1=Cc2c(-c3ccc(C(C)(C)C)cc3)cccc2C1C1=C(C(C)C)Cc2cc3c(c(-c4ccc(C(C)(C)C)cc4)c21)[Si]3(C)C. The van der Waals surface area contributed by atoms with Crippen molar-refractivity contribution in [1.82, 2.24) is 0 Å². The van der Waals surface area contributed by atoms with Gasteiger partial charge in [-0.2, -0.15) is 0 Å². The standard InChI is InChI=1S/C44H50Si/c1-26(2)35-24-30-25-37-42(45(37,10)11)40(29-17-21-32(22-18-29)44(7,8)9)39(30)41(35)38-27(3)23-36-33(13-12-14-34(36)38)28-15-19-31(20-16-28)43(4,5)6/h12-23,25-26,38H,24H2,1-11H3. The highest BCUT2D eigenvalue weighted by atomic mass is 28.3. The van der Waals surface area contributed by atoms with Gasteiger partial charge >= 0.3 is 0 Å². The van der Waals surface area contributed by atoms with E-state index in [1.54, 1.807) is 38.2 Å². The number of rotatable bonds is 4. The van der Waals surface area contributed by atoms with E-state index in [-0.39, 0.29) is 10.8 Å². The molecule has 0 nitrogen and oxygen atoms in total. The van der Waals surface area contributed by atoms with Crippen LogP contribution in [0.15, 0.2) is 83.9 Å². The molecule has 0 fully saturated rings. The van der Waals surface area contributed by atoms with Crippen molar-refractivity contribution in [2.45, 2.75) is 98.6 Å². The molecule has 0 saturated carbocycles. The third-order valence-corrected chi connectivity index (χ3v) is 14.3. The number of fused-ring (bicyclic) bond motifs is 3. The molecule has 0 N–H and O–H groups in total. The molecule has 1 atom stereocenters. The lowest BCUT2D eigenvalue weighted by atomic mass is 9.79. The lowest BCUT2D eigenvalue weighted by Gasteiger charge is -2.24. The minimum Gasteiger partial charge on any atom is -0.0616 e. The van der Waals surface area contributed by atoms with Crippen LogP contribution in [0.25, 0.3) is 33.9 Å². The molecule has 0 amide bonds. The lowest BCUT2D eigenvalue weighted by Crippen LogP contribution is -2.18. The summed E-state index contributed by atoms with van der Waals surface area (Å²) in [5, 5.41) is 3.38. The molecular weight excluding hydrogens is 557 g/mol. The van der Waals surface area contributed by atoms with Crippen LogP contribution in [-0.2, 0) is 17.3 Å². The molecule has 0 spiro atoms. The van der Waals surface area contributed by atoms with E-state index < -0.39 is 8.07 Å². The van der Waals surface area contributed by atoms with Gasteiger partial charge in [0.2, 0.25) is 0 Å². The Morgan fingerprint density at radius 1 is 0.733 bits per heavy atom. The molecule has 230 valence electrons. The van der Waals surface area contributed by atoms with E-state index >= 15 is 0 Å². The van der Waals surface area contributed by atoms with Gasteiger partial charge in [0.15, 0.2) is 0 Å². The lowest BCUT2D eigenvalue weighted by molar-refractivity contribution is 0.590. The van der Waals surface area contributed by atoms with Gasteiger partial charge in [0.25, 0.3) is 0 Å². The molecule has 2 aliphatic carbocycles. The Morgan fingerprint density at radius 2 is 1.31 bits per heavy atom. The van der Waals surface area contributed by atoms with Crippen molar-refractivity contribution in [2.75, 3.05) is 0 Å². The van der Waals surface area contributed by atoms with Crippen LogP contribution in [0.2, 0.25) is 13.1 Å². The summed E-state index contributed by atoms with van der Waals surface area (Å²) in [4.78, 5) is 0. The van der Waals surface area contributed by atoms with Crippen LogP contribution in [0, 0.1) is 5.92 Å². The van der Waals surface area contributed by atoms with Crippen LogP contribution < -0.4 is 10.4 Å². The largest absolute Gasteiger partial charge is 0.112 e. The molecule has 0 bridgehead atoms. The van der Waals surface area contributed by atoms with Gasteiger partial charge in [-0.3, -0.25) is 0 Å². The van der Waals surface area contributed by atoms with Gasteiger partial charge < -0.3 is 0 Å². The fourth-order valence-corrected chi connectivity index (χ4v) is 11.6. The van der Waals surface area contributed by atoms with Crippen LogP contribution in [0.5, 0.6) is 0 Å². The molecule has 0 radical (unpaired) electrons. The van der Waals surface area contributed by atoms with Crippen molar-refractivity contribution in [3.63, 3.8) is 0 Å². The summed E-state index contributed by atoms with van der Waals surface area (Å²) in [6.07, 6.45) is 3.58. The van der Waals surface area contributed by atoms with Gasteiger partial charge in [0, 0.05) is 5.92 Å². The van der Waals surface area contributed by atoms with Crippen molar-refractivity contribution in [3.05, 3.63) is 117 Å². The monoisotopic (exact) mass is 606 g/mol. The summed E-state index contributed by atoms with van der Waals surface area (Å²) in [5.74, 6) is 0.798. The maximum atomic E-state index is 2.63. The zero-order chi connectivity index (χ0) is 32.2. The summed E-state index contributed by atoms with van der Waals surface area (Å²) in [6, 6.07) is 28.6.